The van der Waals surface area contributed by atoms with Gasteiger partial charge in [-0.1, -0.05) is 20.4 Å². The van der Waals surface area contributed by atoms with Crippen LogP contribution in [-0.4, -0.2) is 11.2 Å². The summed E-state index contributed by atoms with van der Waals surface area (Å²) in [5, 5.41) is 9.72. The molecular formula is C10H16O. The van der Waals surface area contributed by atoms with Gasteiger partial charge in [0.25, 0.3) is 0 Å². The van der Waals surface area contributed by atoms with Crippen molar-refractivity contribution in [3.8, 4) is 0 Å². The molecule has 3 atom stereocenters. The normalized spacial score (nSPS) is 46.8. The molecule has 3 fully saturated rings. The average Bonchev–Trinajstić information content (AvgIpc) is 1.93. The third kappa shape index (κ3) is 0.750. The lowest BCUT2D eigenvalue weighted by Crippen LogP contribution is -2.55. The summed E-state index contributed by atoms with van der Waals surface area (Å²) in [6.45, 7) is 8.42. The van der Waals surface area contributed by atoms with E-state index in [-0.39, 0.29) is 6.10 Å². The summed E-state index contributed by atoms with van der Waals surface area (Å²) in [5.74, 6) is 1.29. The first-order valence-corrected chi connectivity index (χ1v) is 4.39. The molecule has 0 aliphatic heterocycles. The number of aliphatic hydroxyl groups excluding tert-OH is 1. The Hall–Kier alpha value is -0.300. The van der Waals surface area contributed by atoms with Crippen molar-refractivity contribution in [2.24, 2.45) is 17.3 Å². The summed E-state index contributed by atoms with van der Waals surface area (Å²) in [6.07, 6.45) is 2.05. The first-order valence-electron chi connectivity index (χ1n) is 4.39. The minimum absolute atomic E-state index is 0.213. The molecule has 62 valence electrons. The first kappa shape index (κ1) is 7.35. The largest absolute Gasteiger partial charge is 0.388 e. The summed E-state index contributed by atoms with van der Waals surface area (Å²) >= 11 is 0. The van der Waals surface area contributed by atoms with Crippen molar-refractivity contribution in [3.63, 3.8) is 0 Å². The summed E-state index contributed by atoms with van der Waals surface area (Å²) < 4.78 is 0. The fourth-order valence-electron chi connectivity index (χ4n) is 2.66. The van der Waals surface area contributed by atoms with Gasteiger partial charge in [0, 0.05) is 0 Å². The van der Waals surface area contributed by atoms with Crippen LogP contribution in [0.5, 0.6) is 0 Å². The third-order valence-corrected chi connectivity index (χ3v) is 3.85. The van der Waals surface area contributed by atoms with Gasteiger partial charge in [-0.05, 0) is 35.7 Å². The molecule has 0 spiro atoms. The number of hydrogen-bond acceptors (Lipinski definition) is 1. The van der Waals surface area contributed by atoms with Gasteiger partial charge in [0.1, 0.15) is 0 Å². The lowest BCUT2D eigenvalue weighted by molar-refractivity contribution is -0.110. The maximum atomic E-state index is 9.72. The minimum atomic E-state index is -0.213. The van der Waals surface area contributed by atoms with Gasteiger partial charge in [0.15, 0.2) is 0 Å². The summed E-state index contributed by atoms with van der Waals surface area (Å²) in [5.41, 5.74) is 1.44. The molecule has 0 saturated heterocycles. The molecule has 0 heterocycles. The predicted octanol–water partition coefficient (Wildman–Crippen LogP) is 1.97. The van der Waals surface area contributed by atoms with E-state index < -0.39 is 0 Å². The van der Waals surface area contributed by atoms with Gasteiger partial charge in [-0.15, -0.1) is 0 Å². The van der Waals surface area contributed by atoms with E-state index in [1.807, 2.05) is 0 Å². The maximum Gasteiger partial charge on any atom is 0.0781 e. The molecule has 3 aliphatic carbocycles. The van der Waals surface area contributed by atoms with E-state index in [9.17, 15) is 5.11 Å². The highest BCUT2D eigenvalue weighted by atomic mass is 16.3. The molecule has 0 aromatic heterocycles. The van der Waals surface area contributed by atoms with Crippen molar-refractivity contribution in [1.82, 2.24) is 0 Å². The monoisotopic (exact) mass is 152 g/mol. The van der Waals surface area contributed by atoms with Crippen molar-refractivity contribution < 1.29 is 5.11 Å². The van der Waals surface area contributed by atoms with E-state index >= 15 is 0 Å². The second kappa shape index (κ2) is 1.89. The Kier molecular flexibility index (Phi) is 1.26. The Labute approximate surface area is 68.1 Å². The van der Waals surface area contributed by atoms with Crippen molar-refractivity contribution in [3.05, 3.63) is 12.2 Å². The second-order valence-electron chi connectivity index (χ2n) is 4.67. The number of hydrogen-bond donors (Lipinski definition) is 1. The maximum absolute atomic E-state index is 9.72. The molecule has 2 bridgehead atoms. The molecule has 1 N–H and O–H groups in total. The molecular weight excluding hydrogens is 136 g/mol. The highest BCUT2D eigenvalue weighted by Gasteiger charge is 2.55. The summed E-state index contributed by atoms with van der Waals surface area (Å²) in [4.78, 5) is 0. The third-order valence-electron chi connectivity index (χ3n) is 3.85. The highest BCUT2D eigenvalue weighted by Crippen LogP contribution is 2.60. The predicted molar refractivity (Wildman–Crippen MR) is 45.1 cm³/mol. The van der Waals surface area contributed by atoms with Crippen molar-refractivity contribution in [2.75, 3.05) is 0 Å². The molecule has 0 amide bonds. The van der Waals surface area contributed by atoms with Gasteiger partial charge < -0.3 is 5.11 Å². The lowest BCUT2D eigenvalue weighted by atomic mass is 9.47. The van der Waals surface area contributed by atoms with Gasteiger partial charge in [-0.25, -0.2) is 0 Å². The molecule has 0 aromatic rings. The summed E-state index contributed by atoms with van der Waals surface area (Å²) in [6, 6.07) is 0. The molecule has 1 heteroatoms. The van der Waals surface area contributed by atoms with Crippen LogP contribution in [0.3, 0.4) is 0 Å². The SMILES string of the molecule is C=C1CC2C[C@H](C1O)C2(C)C. The highest BCUT2D eigenvalue weighted by molar-refractivity contribution is 5.20. The zero-order valence-electron chi connectivity index (χ0n) is 7.30. The van der Waals surface area contributed by atoms with E-state index in [1.165, 1.54) is 6.42 Å². The molecule has 2 unspecified atom stereocenters. The van der Waals surface area contributed by atoms with Crippen LogP contribution in [0.2, 0.25) is 0 Å². The lowest BCUT2D eigenvalue weighted by Gasteiger charge is -2.59. The Balaban J connectivity index is 2.23. The Morgan fingerprint density at radius 1 is 1.55 bits per heavy atom. The zero-order chi connectivity index (χ0) is 8.22. The van der Waals surface area contributed by atoms with Crippen LogP contribution < -0.4 is 0 Å². The van der Waals surface area contributed by atoms with E-state index in [0.717, 1.165) is 17.9 Å². The standard InChI is InChI=1S/C10H16O/c1-6-4-7-5-8(9(6)11)10(7,2)3/h7-9,11H,1,4-5H2,2-3H3/t7?,8-,9?/m1/s1. The van der Waals surface area contributed by atoms with Crippen LogP contribution in [0.25, 0.3) is 0 Å². The van der Waals surface area contributed by atoms with E-state index in [2.05, 4.69) is 20.4 Å². The Morgan fingerprint density at radius 2 is 2.18 bits per heavy atom. The van der Waals surface area contributed by atoms with Crippen LogP contribution in [-0.2, 0) is 0 Å². The second-order valence-corrected chi connectivity index (χ2v) is 4.67. The van der Waals surface area contributed by atoms with E-state index in [4.69, 9.17) is 0 Å². The van der Waals surface area contributed by atoms with Crippen LogP contribution in [0, 0.1) is 17.3 Å². The molecule has 3 aliphatic rings. The minimum Gasteiger partial charge on any atom is -0.388 e. The first-order chi connectivity index (χ1) is 5.03. The molecule has 1 nitrogen and oxygen atoms in total. The number of fused-ring (bicyclic) bond motifs is 2. The molecule has 3 saturated carbocycles. The van der Waals surface area contributed by atoms with E-state index in [1.54, 1.807) is 0 Å². The zero-order valence-corrected chi connectivity index (χ0v) is 7.30. The number of aliphatic hydroxyl groups is 1. The molecule has 11 heavy (non-hydrogen) atoms. The van der Waals surface area contributed by atoms with Gasteiger partial charge in [0.2, 0.25) is 0 Å². The summed E-state index contributed by atoms with van der Waals surface area (Å²) in [7, 11) is 0. The van der Waals surface area contributed by atoms with Crippen molar-refractivity contribution in [1.29, 1.82) is 0 Å². The van der Waals surface area contributed by atoms with Crippen LogP contribution in [0.15, 0.2) is 12.2 Å². The fourth-order valence-corrected chi connectivity index (χ4v) is 2.66. The van der Waals surface area contributed by atoms with Gasteiger partial charge >= 0.3 is 0 Å². The van der Waals surface area contributed by atoms with Gasteiger partial charge in [-0.2, -0.15) is 0 Å². The molecule has 0 radical (unpaired) electrons. The van der Waals surface area contributed by atoms with Crippen LogP contribution in [0.4, 0.5) is 0 Å². The van der Waals surface area contributed by atoms with Crippen molar-refractivity contribution in [2.45, 2.75) is 32.8 Å². The fraction of sp³-hybridized carbons (Fsp3) is 0.800. The van der Waals surface area contributed by atoms with Gasteiger partial charge in [0.05, 0.1) is 6.10 Å². The number of rotatable bonds is 0. The van der Waals surface area contributed by atoms with Crippen molar-refractivity contribution >= 4 is 0 Å². The quantitative estimate of drug-likeness (QED) is 0.526. The Bertz CT molecular complexity index is 205. The topological polar surface area (TPSA) is 20.2 Å². The smallest absolute Gasteiger partial charge is 0.0781 e. The molecule has 3 rings (SSSR count). The van der Waals surface area contributed by atoms with Crippen LogP contribution in [0.1, 0.15) is 26.7 Å². The van der Waals surface area contributed by atoms with E-state index in [0.29, 0.717) is 11.3 Å². The average molecular weight is 152 g/mol. The Morgan fingerprint density at radius 3 is 2.55 bits per heavy atom. The molecule has 0 aromatic carbocycles. The van der Waals surface area contributed by atoms with Gasteiger partial charge in [-0.3, -0.25) is 0 Å². The van der Waals surface area contributed by atoms with Crippen LogP contribution >= 0.6 is 0 Å².